The quantitative estimate of drug-likeness (QED) is 0.591. The van der Waals surface area contributed by atoms with Crippen LogP contribution in [-0.4, -0.2) is 48.0 Å². The van der Waals surface area contributed by atoms with Crippen LogP contribution in [0, 0.1) is 0 Å². The van der Waals surface area contributed by atoms with Crippen LogP contribution in [0.5, 0.6) is 0 Å². The first-order chi connectivity index (χ1) is 15.6. The molecule has 3 heterocycles. The molecule has 2 aliphatic rings. The molecule has 0 N–H and O–H groups in total. The van der Waals surface area contributed by atoms with Crippen molar-refractivity contribution in [1.29, 1.82) is 0 Å². The topological polar surface area (TPSA) is 62.7 Å². The summed E-state index contributed by atoms with van der Waals surface area (Å²) in [5, 5.41) is 0.778. The summed E-state index contributed by atoms with van der Waals surface area (Å²) >= 11 is 0. The third kappa shape index (κ3) is 3.54. The van der Waals surface area contributed by atoms with Crippen LogP contribution >= 0.6 is 0 Å². The van der Waals surface area contributed by atoms with Crippen LogP contribution in [0.4, 0.5) is 5.69 Å². The van der Waals surface area contributed by atoms with Crippen molar-refractivity contribution in [3.63, 3.8) is 0 Å². The molecule has 3 aromatic rings. The van der Waals surface area contributed by atoms with Gasteiger partial charge >= 0.3 is 5.97 Å². The lowest BCUT2D eigenvalue weighted by molar-refractivity contribution is -0.127. The van der Waals surface area contributed by atoms with Crippen molar-refractivity contribution < 1.29 is 14.3 Å². The second-order valence-corrected chi connectivity index (χ2v) is 8.59. The monoisotopic (exact) mass is 429 g/mol. The van der Waals surface area contributed by atoms with E-state index in [9.17, 15) is 9.59 Å². The fourth-order valence-corrected chi connectivity index (χ4v) is 4.80. The Balaban J connectivity index is 1.48. The zero-order chi connectivity index (χ0) is 22.2. The molecule has 0 spiro atoms. The Morgan fingerprint density at radius 2 is 1.84 bits per heavy atom. The van der Waals surface area contributed by atoms with Crippen LogP contribution < -0.4 is 4.90 Å². The summed E-state index contributed by atoms with van der Waals surface area (Å²) in [5.74, 6) is -0.599. The Morgan fingerprint density at radius 3 is 2.69 bits per heavy atom. The lowest BCUT2D eigenvalue weighted by Gasteiger charge is -2.28. The Bertz CT molecular complexity index is 1210. The van der Waals surface area contributed by atoms with E-state index in [1.807, 2.05) is 62.5 Å². The maximum atomic E-state index is 13.5. The number of pyridine rings is 1. The number of amides is 1. The molecular formula is C26H27N3O3. The second kappa shape index (κ2) is 8.36. The maximum Gasteiger partial charge on any atom is 0.340 e. The number of ether oxygens (including phenoxy) is 1. The minimum Gasteiger partial charge on any atom is -0.449 e. The molecule has 1 amide bonds. The number of hydrogen-bond donors (Lipinski definition) is 0. The number of hydrogen-bond acceptors (Lipinski definition) is 5. The number of esters is 1. The Hall–Kier alpha value is -3.25. The van der Waals surface area contributed by atoms with Crippen LogP contribution in [0.25, 0.3) is 10.9 Å². The molecule has 0 saturated heterocycles. The van der Waals surface area contributed by atoms with E-state index < -0.39 is 12.1 Å². The number of carbonyl (C=O) groups is 2. The van der Waals surface area contributed by atoms with Gasteiger partial charge in [-0.05, 0) is 37.6 Å². The number of anilines is 1. The van der Waals surface area contributed by atoms with Gasteiger partial charge in [0.15, 0.2) is 6.10 Å². The van der Waals surface area contributed by atoms with E-state index in [1.54, 1.807) is 4.90 Å². The summed E-state index contributed by atoms with van der Waals surface area (Å²) in [7, 11) is 2.04. The van der Waals surface area contributed by atoms with Crippen molar-refractivity contribution in [2.75, 3.05) is 25.0 Å². The molecule has 0 aliphatic carbocycles. The van der Waals surface area contributed by atoms with Crippen LogP contribution in [-0.2, 0) is 28.9 Å². The third-order valence-corrected chi connectivity index (χ3v) is 6.49. The highest BCUT2D eigenvalue weighted by atomic mass is 16.5. The van der Waals surface area contributed by atoms with Gasteiger partial charge in [0.2, 0.25) is 0 Å². The van der Waals surface area contributed by atoms with E-state index in [-0.39, 0.29) is 5.91 Å². The molecular weight excluding hydrogens is 402 g/mol. The van der Waals surface area contributed by atoms with E-state index >= 15 is 0 Å². The van der Waals surface area contributed by atoms with Gasteiger partial charge in [-0.15, -0.1) is 0 Å². The van der Waals surface area contributed by atoms with Gasteiger partial charge in [-0.2, -0.15) is 0 Å². The molecule has 0 fully saturated rings. The second-order valence-electron chi connectivity index (χ2n) is 8.59. The Morgan fingerprint density at radius 1 is 1.06 bits per heavy atom. The number of likely N-dealkylation sites (N-methyl/N-ethyl adjacent to an activating group) is 1. The molecule has 6 nitrogen and oxygen atoms in total. The van der Waals surface area contributed by atoms with Crippen molar-refractivity contribution in [3.8, 4) is 0 Å². The zero-order valence-electron chi connectivity index (χ0n) is 18.5. The summed E-state index contributed by atoms with van der Waals surface area (Å²) in [6.07, 6.45) is 1.21. The normalized spacial score (nSPS) is 16.5. The minimum absolute atomic E-state index is 0.157. The molecule has 0 bridgehead atoms. The molecule has 1 unspecified atom stereocenters. The number of benzene rings is 2. The fraction of sp³-hybridized carbons (Fsp3) is 0.346. The molecule has 0 saturated carbocycles. The van der Waals surface area contributed by atoms with Gasteiger partial charge in [0.25, 0.3) is 5.91 Å². The van der Waals surface area contributed by atoms with Crippen molar-refractivity contribution in [2.24, 2.45) is 0 Å². The van der Waals surface area contributed by atoms with Gasteiger partial charge in [-0.3, -0.25) is 9.78 Å². The number of rotatable bonds is 4. The van der Waals surface area contributed by atoms with Gasteiger partial charge in [0, 0.05) is 48.4 Å². The largest absolute Gasteiger partial charge is 0.449 e. The lowest BCUT2D eigenvalue weighted by atomic mass is 9.96. The first-order valence-electron chi connectivity index (χ1n) is 11.3. The van der Waals surface area contributed by atoms with Crippen molar-refractivity contribution in [1.82, 2.24) is 9.88 Å². The van der Waals surface area contributed by atoms with Gasteiger partial charge in [0.1, 0.15) is 0 Å². The molecule has 32 heavy (non-hydrogen) atoms. The minimum atomic E-state index is -0.822. The van der Waals surface area contributed by atoms with Gasteiger partial charge in [-0.25, -0.2) is 4.79 Å². The number of nitrogens with zero attached hydrogens (tertiary/aromatic N) is 3. The van der Waals surface area contributed by atoms with Crippen LogP contribution in [0.15, 0.2) is 48.5 Å². The molecule has 2 aliphatic heterocycles. The summed E-state index contributed by atoms with van der Waals surface area (Å²) in [6.45, 7) is 4.04. The maximum absolute atomic E-state index is 13.5. The van der Waals surface area contributed by atoms with E-state index in [0.717, 1.165) is 52.8 Å². The average molecular weight is 430 g/mol. The van der Waals surface area contributed by atoms with E-state index in [0.29, 0.717) is 25.1 Å². The van der Waals surface area contributed by atoms with Gasteiger partial charge in [-0.1, -0.05) is 43.3 Å². The summed E-state index contributed by atoms with van der Waals surface area (Å²) in [6, 6.07) is 15.6. The third-order valence-electron chi connectivity index (χ3n) is 6.49. The molecule has 5 rings (SSSR count). The van der Waals surface area contributed by atoms with Crippen molar-refractivity contribution >= 4 is 28.5 Å². The van der Waals surface area contributed by atoms with Gasteiger partial charge < -0.3 is 14.5 Å². The van der Waals surface area contributed by atoms with Crippen LogP contribution in [0.2, 0.25) is 0 Å². The zero-order valence-corrected chi connectivity index (χ0v) is 18.5. The first kappa shape index (κ1) is 20.6. The molecule has 1 aromatic heterocycles. The summed E-state index contributed by atoms with van der Waals surface area (Å²) in [5.41, 5.74) is 5.26. The molecule has 6 heteroatoms. The van der Waals surface area contributed by atoms with Gasteiger partial charge in [0.05, 0.1) is 11.1 Å². The van der Waals surface area contributed by atoms with E-state index in [4.69, 9.17) is 9.72 Å². The predicted octanol–water partition coefficient (Wildman–Crippen LogP) is 3.75. The SMILES string of the molecule is CCC(OC(=O)c1c2c(nc3ccccc13)CCN(C)C2)C(=O)N1CCc2ccccc21. The fourth-order valence-electron chi connectivity index (χ4n) is 4.80. The number of carbonyl (C=O) groups excluding carboxylic acids is 2. The molecule has 1 atom stereocenters. The highest BCUT2D eigenvalue weighted by Crippen LogP contribution is 2.31. The summed E-state index contributed by atoms with van der Waals surface area (Å²) < 4.78 is 5.91. The standard InChI is InChI=1S/C26H27N3O3/c1-3-23(25(30)29-15-12-17-8-4-7-11-22(17)29)32-26(31)24-18-9-5-6-10-20(18)27-21-13-14-28(2)16-19(21)24/h4-11,23H,3,12-16H2,1-2H3. The number of aromatic nitrogens is 1. The Kier molecular flexibility index (Phi) is 5.39. The average Bonchev–Trinajstić information content (AvgIpc) is 3.24. The molecule has 0 radical (unpaired) electrons. The predicted molar refractivity (Wildman–Crippen MR) is 124 cm³/mol. The Labute approximate surface area is 187 Å². The number of para-hydroxylation sites is 2. The highest BCUT2D eigenvalue weighted by molar-refractivity contribution is 6.07. The lowest BCUT2D eigenvalue weighted by Crippen LogP contribution is -2.40. The highest BCUT2D eigenvalue weighted by Gasteiger charge is 2.33. The summed E-state index contributed by atoms with van der Waals surface area (Å²) in [4.78, 5) is 35.6. The number of fused-ring (bicyclic) bond motifs is 3. The van der Waals surface area contributed by atoms with Crippen molar-refractivity contribution in [2.45, 2.75) is 38.8 Å². The molecule has 2 aromatic carbocycles. The van der Waals surface area contributed by atoms with Crippen LogP contribution in [0.1, 0.15) is 40.5 Å². The van der Waals surface area contributed by atoms with Crippen molar-refractivity contribution in [3.05, 3.63) is 70.9 Å². The smallest absolute Gasteiger partial charge is 0.340 e. The molecule has 164 valence electrons. The van der Waals surface area contributed by atoms with Crippen LogP contribution in [0.3, 0.4) is 0 Å². The van der Waals surface area contributed by atoms with E-state index in [1.165, 1.54) is 0 Å². The first-order valence-corrected chi connectivity index (χ1v) is 11.3. The van der Waals surface area contributed by atoms with E-state index in [2.05, 4.69) is 4.90 Å².